The van der Waals surface area contributed by atoms with E-state index < -0.39 is 0 Å². The number of carbonyl (C=O) groups is 1. The summed E-state index contributed by atoms with van der Waals surface area (Å²) in [6, 6.07) is 3.67. The Labute approximate surface area is 90.5 Å². The number of hydrogen-bond donors (Lipinski definition) is 1. The van der Waals surface area contributed by atoms with Crippen LogP contribution in [0.15, 0.2) is 21.5 Å². The Balaban J connectivity index is 2.27. The van der Waals surface area contributed by atoms with Gasteiger partial charge in [-0.15, -0.1) is 0 Å². The summed E-state index contributed by atoms with van der Waals surface area (Å²) < 4.78 is 5.81. The quantitative estimate of drug-likeness (QED) is 0.587. The molecule has 2 rings (SSSR count). The molecule has 1 saturated heterocycles. The Hall–Kier alpha value is -1.07. The number of amides is 1. The molecule has 0 bridgehead atoms. The maximum atomic E-state index is 11.3. The molecule has 2 heterocycles. The van der Waals surface area contributed by atoms with Crippen LogP contribution in [0.1, 0.15) is 11.5 Å². The van der Waals surface area contributed by atoms with Crippen molar-refractivity contribution >= 4 is 40.3 Å². The minimum atomic E-state index is -0.158. The highest BCUT2D eigenvalue weighted by Gasteiger charge is 2.22. The molecule has 1 amide bonds. The van der Waals surface area contributed by atoms with Gasteiger partial charge >= 0.3 is 0 Å². The SMILES string of the molecule is Cc1ccc(C=C2SC(=S)NC2=O)o1. The van der Waals surface area contributed by atoms with Crippen molar-refractivity contribution in [2.24, 2.45) is 0 Å². The highest BCUT2D eigenvalue weighted by Crippen LogP contribution is 2.26. The summed E-state index contributed by atoms with van der Waals surface area (Å²) >= 11 is 6.10. The van der Waals surface area contributed by atoms with E-state index in [0.717, 1.165) is 5.76 Å². The van der Waals surface area contributed by atoms with Crippen LogP contribution < -0.4 is 5.32 Å². The number of rotatable bonds is 1. The monoisotopic (exact) mass is 225 g/mol. The summed E-state index contributed by atoms with van der Waals surface area (Å²) in [5, 5.41) is 2.54. The molecule has 1 aliphatic heterocycles. The van der Waals surface area contributed by atoms with Crippen LogP contribution in [-0.4, -0.2) is 10.2 Å². The van der Waals surface area contributed by atoms with E-state index in [1.54, 1.807) is 6.08 Å². The van der Waals surface area contributed by atoms with E-state index in [1.165, 1.54) is 11.8 Å². The van der Waals surface area contributed by atoms with Crippen molar-refractivity contribution < 1.29 is 9.21 Å². The molecule has 0 atom stereocenters. The standard InChI is InChI=1S/C9H7NO2S2/c1-5-2-3-6(12-5)4-7-8(11)10-9(13)14-7/h2-4H,1H3,(H,10,11,13). The summed E-state index contributed by atoms with van der Waals surface area (Å²) in [4.78, 5) is 11.8. The number of thiocarbonyl (C=S) groups is 1. The molecule has 1 aliphatic rings. The zero-order valence-corrected chi connectivity index (χ0v) is 9.00. The van der Waals surface area contributed by atoms with Crippen LogP contribution >= 0.6 is 24.0 Å². The lowest BCUT2D eigenvalue weighted by molar-refractivity contribution is -0.115. The van der Waals surface area contributed by atoms with Gasteiger partial charge < -0.3 is 9.73 Å². The number of thioether (sulfide) groups is 1. The number of nitrogens with one attached hydrogen (secondary N) is 1. The van der Waals surface area contributed by atoms with Gasteiger partial charge in [0.05, 0.1) is 4.91 Å². The average molecular weight is 225 g/mol. The van der Waals surface area contributed by atoms with E-state index in [9.17, 15) is 4.79 Å². The van der Waals surface area contributed by atoms with Gasteiger partial charge in [0.25, 0.3) is 5.91 Å². The van der Waals surface area contributed by atoms with E-state index in [2.05, 4.69) is 5.32 Å². The zero-order chi connectivity index (χ0) is 10.1. The van der Waals surface area contributed by atoms with E-state index in [1.807, 2.05) is 19.1 Å². The maximum Gasteiger partial charge on any atom is 0.263 e. The predicted octanol–water partition coefficient (Wildman–Crippen LogP) is 2.08. The fourth-order valence-electron chi connectivity index (χ4n) is 1.08. The van der Waals surface area contributed by atoms with Gasteiger partial charge in [-0.2, -0.15) is 0 Å². The predicted molar refractivity (Wildman–Crippen MR) is 59.8 cm³/mol. The highest BCUT2D eigenvalue weighted by atomic mass is 32.2. The lowest BCUT2D eigenvalue weighted by Crippen LogP contribution is -2.17. The minimum Gasteiger partial charge on any atom is -0.462 e. The summed E-state index contributed by atoms with van der Waals surface area (Å²) in [5.74, 6) is 1.33. The molecule has 3 nitrogen and oxygen atoms in total. The first-order chi connectivity index (χ1) is 6.65. The molecular formula is C9H7NO2S2. The number of furan rings is 1. The summed E-state index contributed by atoms with van der Waals surface area (Å²) in [5.41, 5.74) is 0. The first-order valence-electron chi connectivity index (χ1n) is 3.96. The maximum absolute atomic E-state index is 11.3. The third kappa shape index (κ3) is 1.88. The second-order valence-electron chi connectivity index (χ2n) is 2.80. The zero-order valence-electron chi connectivity index (χ0n) is 7.37. The summed E-state index contributed by atoms with van der Waals surface area (Å²) in [6.07, 6.45) is 1.69. The van der Waals surface area contributed by atoms with Crippen LogP contribution in [0.25, 0.3) is 6.08 Å². The molecule has 1 aromatic rings. The fourth-order valence-corrected chi connectivity index (χ4v) is 2.11. The molecule has 0 aromatic carbocycles. The van der Waals surface area contributed by atoms with Crippen molar-refractivity contribution in [2.45, 2.75) is 6.92 Å². The number of aryl methyl sites for hydroxylation is 1. The van der Waals surface area contributed by atoms with Crippen molar-refractivity contribution in [3.8, 4) is 0 Å². The van der Waals surface area contributed by atoms with E-state index >= 15 is 0 Å². The van der Waals surface area contributed by atoms with Crippen LogP contribution in [0.4, 0.5) is 0 Å². The second kappa shape index (κ2) is 3.59. The van der Waals surface area contributed by atoms with E-state index in [-0.39, 0.29) is 5.91 Å². The first-order valence-corrected chi connectivity index (χ1v) is 5.19. The number of hydrogen-bond acceptors (Lipinski definition) is 4. The fraction of sp³-hybridized carbons (Fsp3) is 0.111. The second-order valence-corrected chi connectivity index (χ2v) is 4.52. The molecule has 5 heteroatoms. The molecule has 1 aromatic heterocycles. The van der Waals surface area contributed by atoms with Gasteiger partial charge in [0.2, 0.25) is 0 Å². The Morgan fingerprint density at radius 3 is 2.86 bits per heavy atom. The van der Waals surface area contributed by atoms with Gasteiger partial charge in [0, 0.05) is 6.08 Å². The molecule has 1 N–H and O–H groups in total. The van der Waals surface area contributed by atoms with Gasteiger partial charge in [-0.05, 0) is 19.1 Å². The van der Waals surface area contributed by atoms with Crippen molar-refractivity contribution in [1.82, 2.24) is 5.32 Å². The molecule has 72 valence electrons. The van der Waals surface area contributed by atoms with Crippen molar-refractivity contribution in [3.05, 3.63) is 28.6 Å². The molecular weight excluding hydrogens is 218 g/mol. The van der Waals surface area contributed by atoms with Crippen molar-refractivity contribution in [1.29, 1.82) is 0 Å². The van der Waals surface area contributed by atoms with E-state index in [4.69, 9.17) is 16.6 Å². The Morgan fingerprint density at radius 2 is 2.36 bits per heavy atom. The van der Waals surface area contributed by atoms with Gasteiger partial charge in [0.15, 0.2) is 0 Å². The van der Waals surface area contributed by atoms with Gasteiger partial charge in [0.1, 0.15) is 15.8 Å². The molecule has 0 aliphatic carbocycles. The largest absolute Gasteiger partial charge is 0.462 e. The normalized spacial score (nSPS) is 19.1. The van der Waals surface area contributed by atoms with Crippen LogP contribution in [0.5, 0.6) is 0 Å². The summed E-state index contributed by atoms with van der Waals surface area (Å²) in [6.45, 7) is 1.86. The third-order valence-electron chi connectivity index (χ3n) is 1.68. The Bertz CT molecular complexity index is 434. The van der Waals surface area contributed by atoms with Crippen LogP contribution in [-0.2, 0) is 4.79 Å². The topological polar surface area (TPSA) is 42.2 Å². The van der Waals surface area contributed by atoms with Gasteiger partial charge in [-0.3, -0.25) is 4.79 Å². The van der Waals surface area contributed by atoms with Crippen LogP contribution in [0.3, 0.4) is 0 Å². The smallest absolute Gasteiger partial charge is 0.263 e. The van der Waals surface area contributed by atoms with Crippen LogP contribution in [0.2, 0.25) is 0 Å². The molecule has 1 fully saturated rings. The first kappa shape index (κ1) is 9.48. The minimum absolute atomic E-state index is 0.158. The third-order valence-corrected chi connectivity index (χ3v) is 2.84. The highest BCUT2D eigenvalue weighted by molar-refractivity contribution is 8.26. The molecule has 0 spiro atoms. The average Bonchev–Trinajstić information content (AvgIpc) is 2.61. The summed E-state index contributed by atoms with van der Waals surface area (Å²) in [7, 11) is 0. The lowest BCUT2D eigenvalue weighted by atomic mass is 10.4. The molecule has 14 heavy (non-hydrogen) atoms. The molecule has 0 radical (unpaired) electrons. The molecule has 0 unspecified atom stereocenters. The Kier molecular flexibility index (Phi) is 2.43. The van der Waals surface area contributed by atoms with Crippen LogP contribution in [0, 0.1) is 6.92 Å². The van der Waals surface area contributed by atoms with Gasteiger partial charge in [-0.1, -0.05) is 24.0 Å². The van der Waals surface area contributed by atoms with Crippen molar-refractivity contribution in [2.75, 3.05) is 0 Å². The van der Waals surface area contributed by atoms with Gasteiger partial charge in [-0.25, -0.2) is 0 Å². The van der Waals surface area contributed by atoms with E-state index in [0.29, 0.717) is 15.0 Å². The number of carbonyl (C=O) groups excluding carboxylic acids is 1. The molecule has 0 saturated carbocycles. The van der Waals surface area contributed by atoms with Crippen molar-refractivity contribution in [3.63, 3.8) is 0 Å². The Morgan fingerprint density at radius 1 is 1.57 bits per heavy atom. The lowest BCUT2D eigenvalue weighted by Gasteiger charge is -1.88.